The standard InChI is InChI=1S/C22H24O3/c1-7-17-9-10-20(23)18(13-17)21(24)25-22(6,8-2)19-12-14(3)11-15(4)16(19)5/h7-13,23H,1-2H2,3-6H3. The van der Waals surface area contributed by atoms with Gasteiger partial charge in [-0.1, -0.05) is 43.0 Å². The molecule has 2 aromatic carbocycles. The molecule has 0 heterocycles. The predicted molar refractivity (Wildman–Crippen MR) is 102 cm³/mol. The first-order valence-corrected chi connectivity index (χ1v) is 8.12. The minimum atomic E-state index is -1.01. The number of aryl methyl sites for hydroxylation is 2. The van der Waals surface area contributed by atoms with Gasteiger partial charge in [-0.05, 0) is 62.6 Å². The van der Waals surface area contributed by atoms with E-state index < -0.39 is 11.6 Å². The monoisotopic (exact) mass is 336 g/mol. The van der Waals surface area contributed by atoms with Crippen LogP contribution in [0.15, 0.2) is 49.6 Å². The van der Waals surface area contributed by atoms with Gasteiger partial charge in [-0.25, -0.2) is 4.79 Å². The van der Waals surface area contributed by atoms with E-state index in [1.165, 1.54) is 6.07 Å². The maximum atomic E-state index is 12.7. The number of carbonyl (C=O) groups excluding carboxylic acids is 1. The summed E-state index contributed by atoms with van der Waals surface area (Å²) in [6.45, 7) is 15.4. The Morgan fingerprint density at radius 2 is 1.84 bits per heavy atom. The number of hydrogen-bond donors (Lipinski definition) is 1. The highest BCUT2D eigenvalue weighted by Gasteiger charge is 2.31. The molecule has 0 aromatic heterocycles. The zero-order valence-corrected chi connectivity index (χ0v) is 15.2. The van der Waals surface area contributed by atoms with Gasteiger partial charge < -0.3 is 9.84 Å². The van der Waals surface area contributed by atoms with Gasteiger partial charge in [0.15, 0.2) is 5.60 Å². The molecule has 0 radical (unpaired) electrons. The molecule has 0 spiro atoms. The van der Waals surface area contributed by atoms with Crippen molar-refractivity contribution in [2.24, 2.45) is 0 Å². The second-order valence-electron chi connectivity index (χ2n) is 6.44. The molecule has 0 aliphatic heterocycles. The fourth-order valence-corrected chi connectivity index (χ4v) is 2.85. The largest absolute Gasteiger partial charge is 0.507 e. The maximum absolute atomic E-state index is 12.7. The van der Waals surface area contributed by atoms with Crippen molar-refractivity contribution in [2.45, 2.75) is 33.3 Å². The summed E-state index contributed by atoms with van der Waals surface area (Å²) in [7, 11) is 0. The van der Waals surface area contributed by atoms with Gasteiger partial charge in [0.05, 0.1) is 0 Å². The molecule has 0 aliphatic carbocycles. The van der Waals surface area contributed by atoms with Crippen LogP contribution in [0.2, 0.25) is 0 Å². The van der Waals surface area contributed by atoms with Crippen molar-refractivity contribution in [3.63, 3.8) is 0 Å². The molecule has 25 heavy (non-hydrogen) atoms. The number of phenolic OH excluding ortho intramolecular Hbond substituents is 1. The van der Waals surface area contributed by atoms with Gasteiger partial charge >= 0.3 is 5.97 Å². The topological polar surface area (TPSA) is 46.5 Å². The van der Waals surface area contributed by atoms with Gasteiger partial charge in [0.25, 0.3) is 0 Å². The zero-order chi connectivity index (χ0) is 18.8. The average molecular weight is 336 g/mol. The molecule has 1 N–H and O–H groups in total. The Labute approximate surface area is 149 Å². The van der Waals surface area contributed by atoms with Crippen LogP contribution in [0, 0.1) is 20.8 Å². The van der Waals surface area contributed by atoms with Gasteiger partial charge in [-0.15, -0.1) is 0 Å². The van der Waals surface area contributed by atoms with Gasteiger partial charge in [-0.3, -0.25) is 0 Å². The number of ether oxygens (including phenoxy) is 1. The highest BCUT2D eigenvalue weighted by molar-refractivity contribution is 5.93. The van der Waals surface area contributed by atoms with E-state index in [1.54, 1.807) is 31.2 Å². The van der Waals surface area contributed by atoms with E-state index in [1.807, 2.05) is 26.8 Å². The molecule has 3 heteroatoms. The van der Waals surface area contributed by atoms with Crippen molar-refractivity contribution < 1.29 is 14.6 Å². The van der Waals surface area contributed by atoms with Crippen LogP contribution in [0.5, 0.6) is 5.75 Å². The number of esters is 1. The van der Waals surface area contributed by atoms with E-state index in [0.717, 1.165) is 27.8 Å². The average Bonchev–Trinajstić information content (AvgIpc) is 2.58. The molecule has 3 nitrogen and oxygen atoms in total. The summed E-state index contributed by atoms with van der Waals surface area (Å²) >= 11 is 0. The molecule has 0 fully saturated rings. The third-order valence-corrected chi connectivity index (χ3v) is 4.52. The van der Waals surface area contributed by atoms with Crippen molar-refractivity contribution in [1.82, 2.24) is 0 Å². The number of carbonyl (C=O) groups is 1. The molecule has 0 saturated heterocycles. The minimum Gasteiger partial charge on any atom is -0.507 e. The Morgan fingerprint density at radius 3 is 2.44 bits per heavy atom. The van der Waals surface area contributed by atoms with Gasteiger partial charge in [0, 0.05) is 5.56 Å². The van der Waals surface area contributed by atoms with Crippen molar-refractivity contribution in [2.75, 3.05) is 0 Å². The number of aromatic hydroxyl groups is 1. The van der Waals surface area contributed by atoms with Crippen LogP contribution < -0.4 is 0 Å². The van der Waals surface area contributed by atoms with Crippen molar-refractivity contribution in [3.05, 3.63) is 82.9 Å². The van der Waals surface area contributed by atoms with Gasteiger partial charge in [-0.2, -0.15) is 0 Å². The lowest BCUT2D eigenvalue weighted by molar-refractivity contribution is 0.00880. The van der Waals surface area contributed by atoms with E-state index >= 15 is 0 Å². The van der Waals surface area contributed by atoms with Gasteiger partial charge in [0.2, 0.25) is 0 Å². The normalized spacial score (nSPS) is 13.0. The quantitative estimate of drug-likeness (QED) is 0.601. The predicted octanol–water partition coefficient (Wildman–Crippen LogP) is 5.22. The number of hydrogen-bond acceptors (Lipinski definition) is 3. The number of phenols is 1. The summed E-state index contributed by atoms with van der Waals surface area (Å²) in [6, 6.07) is 8.78. The molecule has 0 bridgehead atoms. The van der Waals surface area contributed by atoms with Crippen LogP contribution in [0.1, 0.15) is 45.1 Å². The SMILES string of the molecule is C=Cc1ccc(O)c(C(=O)OC(C)(C=C)c2cc(C)cc(C)c2C)c1. The third-order valence-electron chi connectivity index (χ3n) is 4.52. The zero-order valence-electron chi connectivity index (χ0n) is 15.2. The van der Waals surface area contributed by atoms with Crippen LogP contribution in [-0.4, -0.2) is 11.1 Å². The van der Waals surface area contributed by atoms with E-state index in [2.05, 4.69) is 19.2 Å². The lowest BCUT2D eigenvalue weighted by atomic mass is 9.88. The molecule has 130 valence electrons. The lowest BCUT2D eigenvalue weighted by Gasteiger charge is -2.29. The molecule has 1 unspecified atom stereocenters. The van der Waals surface area contributed by atoms with Crippen LogP contribution in [-0.2, 0) is 10.3 Å². The molecule has 0 amide bonds. The molecule has 2 rings (SSSR count). The lowest BCUT2D eigenvalue weighted by Crippen LogP contribution is -2.28. The van der Waals surface area contributed by atoms with Crippen molar-refractivity contribution in [1.29, 1.82) is 0 Å². The number of rotatable bonds is 5. The molecule has 0 aliphatic rings. The van der Waals surface area contributed by atoms with Crippen molar-refractivity contribution >= 4 is 12.0 Å². The molecular weight excluding hydrogens is 312 g/mol. The second kappa shape index (κ2) is 6.98. The smallest absolute Gasteiger partial charge is 0.343 e. The molecule has 2 aromatic rings. The Morgan fingerprint density at radius 1 is 1.16 bits per heavy atom. The second-order valence-corrected chi connectivity index (χ2v) is 6.44. The first kappa shape index (κ1) is 18.5. The third kappa shape index (κ3) is 3.66. The van der Waals surface area contributed by atoms with Crippen LogP contribution in [0.3, 0.4) is 0 Å². The van der Waals surface area contributed by atoms with Crippen molar-refractivity contribution in [3.8, 4) is 5.75 Å². The summed E-state index contributed by atoms with van der Waals surface area (Å²) < 4.78 is 5.78. The first-order valence-electron chi connectivity index (χ1n) is 8.12. The Balaban J connectivity index is 2.47. The number of benzene rings is 2. The van der Waals surface area contributed by atoms with Crippen LogP contribution in [0.25, 0.3) is 6.08 Å². The van der Waals surface area contributed by atoms with Gasteiger partial charge in [0.1, 0.15) is 11.3 Å². The summed E-state index contributed by atoms with van der Waals surface area (Å²) in [6.07, 6.45) is 3.22. The fraction of sp³-hybridized carbons (Fsp3) is 0.227. The summed E-state index contributed by atoms with van der Waals surface area (Å²) in [5.41, 5.74) is 3.96. The van der Waals surface area contributed by atoms with E-state index in [4.69, 9.17) is 4.74 Å². The van der Waals surface area contributed by atoms with Crippen LogP contribution >= 0.6 is 0 Å². The summed E-state index contributed by atoms with van der Waals surface area (Å²) in [4.78, 5) is 12.7. The Hall–Kier alpha value is -2.81. The highest BCUT2D eigenvalue weighted by Crippen LogP contribution is 2.33. The minimum absolute atomic E-state index is 0.104. The van der Waals surface area contributed by atoms with Crippen LogP contribution in [0.4, 0.5) is 0 Å². The van der Waals surface area contributed by atoms with E-state index in [9.17, 15) is 9.90 Å². The van der Waals surface area contributed by atoms with E-state index in [0.29, 0.717) is 0 Å². The Bertz CT molecular complexity index is 849. The maximum Gasteiger partial charge on any atom is 0.343 e. The Kier molecular flexibility index (Phi) is 5.17. The molecule has 0 saturated carbocycles. The molecular formula is C22H24O3. The summed E-state index contributed by atoms with van der Waals surface area (Å²) in [5, 5.41) is 10.0. The first-order chi connectivity index (χ1) is 11.7. The fourth-order valence-electron chi connectivity index (χ4n) is 2.85. The summed E-state index contributed by atoms with van der Waals surface area (Å²) in [5.74, 6) is -0.735. The highest BCUT2D eigenvalue weighted by atomic mass is 16.6. The molecule has 1 atom stereocenters. The van der Waals surface area contributed by atoms with E-state index in [-0.39, 0.29) is 11.3 Å².